The zero-order valence-corrected chi connectivity index (χ0v) is 15.5. The maximum Gasteiger partial charge on any atom is 0.253 e. The highest BCUT2D eigenvalue weighted by atomic mass is 32.2. The molecule has 6 nitrogen and oxygen atoms in total. The van der Waals surface area contributed by atoms with Crippen molar-refractivity contribution in [2.24, 2.45) is 0 Å². The standard InChI is InChI=1S/C18H21NO5S/c1-19(12-14-6-5-7-16(23-2)17(14)24-3)18(20)13-8-10-15(11-9-13)25(4,21)22/h5-11H,12H2,1-4H3. The molecule has 7 heteroatoms. The smallest absolute Gasteiger partial charge is 0.253 e. The number of rotatable bonds is 6. The van der Waals surface area contributed by atoms with E-state index in [0.29, 0.717) is 23.6 Å². The van der Waals surface area contributed by atoms with Crippen LogP contribution >= 0.6 is 0 Å². The Kier molecular flexibility index (Phi) is 5.69. The monoisotopic (exact) mass is 363 g/mol. The summed E-state index contributed by atoms with van der Waals surface area (Å²) in [5, 5.41) is 0. The molecule has 0 saturated carbocycles. The summed E-state index contributed by atoms with van der Waals surface area (Å²) >= 11 is 0. The molecule has 0 bridgehead atoms. The van der Waals surface area contributed by atoms with Crippen molar-refractivity contribution in [1.29, 1.82) is 0 Å². The first kappa shape index (κ1) is 18.8. The number of para-hydroxylation sites is 1. The van der Waals surface area contributed by atoms with Crippen LogP contribution in [0.3, 0.4) is 0 Å². The van der Waals surface area contributed by atoms with E-state index in [4.69, 9.17) is 9.47 Å². The second-order valence-corrected chi connectivity index (χ2v) is 7.63. The van der Waals surface area contributed by atoms with Crippen LogP contribution in [0.25, 0.3) is 0 Å². The van der Waals surface area contributed by atoms with Crippen LogP contribution in [-0.4, -0.2) is 46.7 Å². The van der Waals surface area contributed by atoms with Gasteiger partial charge in [-0.15, -0.1) is 0 Å². The van der Waals surface area contributed by atoms with Gasteiger partial charge >= 0.3 is 0 Å². The number of carbonyl (C=O) groups is 1. The van der Waals surface area contributed by atoms with Gasteiger partial charge in [-0.25, -0.2) is 8.42 Å². The van der Waals surface area contributed by atoms with Crippen LogP contribution in [0.5, 0.6) is 11.5 Å². The lowest BCUT2D eigenvalue weighted by molar-refractivity contribution is 0.0784. The number of hydrogen-bond donors (Lipinski definition) is 0. The van der Waals surface area contributed by atoms with Gasteiger partial charge in [0, 0.05) is 31.0 Å². The van der Waals surface area contributed by atoms with Crippen LogP contribution in [0.15, 0.2) is 47.4 Å². The topological polar surface area (TPSA) is 72.9 Å². The number of amides is 1. The Balaban J connectivity index is 2.21. The second kappa shape index (κ2) is 7.57. The third kappa shape index (κ3) is 4.30. The molecule has 2 aromatic carbocycles. The second-order valence-electron chi connectivity index (χ2n) is 5.61. The molecular weight excluding hydrogens is 342 g/mol. The Morgan fingerprint density at radius 1 is 1.04 bits per heavy atom. The van der Waals surface area contributed by atoms with Gasteiger partial charge in [0.15, 0.2) is 21.3 Å². The molecule has 0 atom stereocenters. The number of sulfone groups is 1. The van der Waals surface area contributed by atoms with E-state index in [1.807, 2.05) is 12.1 Å². The number of benzene rings is 2. The summed E-state index contributed by atoms with van der Waals surface area (Å²) in [6.07, 6.45) is 1.13. The van der Waals surface area contributed by atoms with Gasteiger partial charge in [-0.3, -0.25) is 4.79 Å². The Morgan fingerprint density at radius 3 is 2.20 bits per heavy atom. The molecule has 0 aliphatic heterocycles. The fourth-order valence-electron chi connectivity index (χ4n) is 2.47. The van der Waals surface area contributed by atoms with Gasteiger partial charge in [0.2, 0.25) is 0 Å². The fraction of sp³-hybridized carbons (Fsp3) is 0.278. The first-order valence-electron chi connectivity index (χ1n) is 7.53. The molecule has 2 rings (SSSR count). The van der Waals surface area contributed by atoms with E-state index < -0.39 is 9.84 Å². The van der Waals surface area contributed by atoms with Gasteiger partial charge in [-0.1, -0.05) is 12.1 Å². The highest BCUT2D eigenvalue weighted by molar-refractivity contribution is 7.90. The Morgan fingerprint density at radius 2 is 1.68 bits per heavy atom. The van der Waals surface area contributed by atoms with Crippen LogP contribution in [0.4, 0.5) is 0 Å². The molecule has 0 unspecified atom stereocenters. The van der Waals surface area contributed by atoms with E-state index in [1.165, 1.54) is 29.2 Å². The molecule has 0 radical (unpaired) electrons. The number of nitrogens with zero attached hydrogens (tertiary/aromatic N) is 1. The lowest BCUT2D eigenvalue weighted by Crippen LogP contribution is -2.26. The van der Waals surface area contributed by atoms with Crippen LogP contribution in [0, 0.1) is 0 Å². The summed E-state index contributed by atoms with van der Waals surface area (Å²) in [5.74, 6) is 0.959. The van der Waals surface area contributed by atoms with Crippen molar-refractivity contribution in [1.82, 2.24) is 4.90 Å². The summed E-state index contributed by atoms with van der Waals surface area (Å²) < 4.78 is 33.6. The zero-order valence-electron chi connectivity index (χ0n) is 14.6. The lowest BCUT2D eigenvalue weighted by atomic mass is 10.1. The minimum Gasteiger partial charge on any atom is -0.493 e. The third-order valence-corrected chi connectivity index (χ3v) is 4.90. The van der Waals surface area contributed by atoms with E-state index in [9.17, 15) is 13.2 Å². The molecule has 0 aromatic heterocycles. The summed E-state index contributed by atoms with van der Waals surface area (Å²) in [6, 6.07) is 11.4. The van der Waals surface area contributed by atoms with Crippen LogP contribution in [0.1, 0.15) is 15.9 Å². The van der Waals surface area contributed by atoms with Crippen molar-refractivity contribution in [2.75, 3.05) is 27.5 Å². The van der Waals surface area contributed by atoms with Crippen molar-refractivity contribution in [2.45, 2.75) is 11.4 Å². The average molecular weight is 363 g/mol. The molecule has 0 aliphatic rings. The first-order valence-corrected chi connectivity index (χ1v) is 9.42. The Hall–Kier alpha value is -2.54. The maximum atomic E-state index is 12.6. The molecule has 0 spiro atoms. The molecule has 0 fully saturated rings. The normalized spacial score (nSPS) is 11.0. The molecular formula is C18H21NO5S. The highest BCUT2D eigenvalue weighted by Crippen LogP contribution is 2.31. The van der Waals surface area contributed by atoms with E-state index >= 15 is 0 Å². The van der Waals surface area contributed by atoms with Gasteiger partial charge in [0.25, 0.3) is 5.91 Å². The first-order chi connectivity index (χ1) is 11.8. The number of methoxy groups -OCH3 is 2. The molecule has 0 aliphatic carbocycles. The summed E-state index contributed by atoms with van der Waals surface area (Å²) in [6.45, 7) is 0.326. The molecule has 25 heavy (non-hydrogen) atoms. The molecule has 1 amide bonds. The molecule has 0 N–H and O–H groups in total. The fourth-order valence-corrected chi connectivity index (χ4v) is 3.10. The molecule has 134 valence electrons. The Labute approximate surface area is 147 Å². The zero-order chi connectivity index (χ0) is 18.6. The van der Waals surface area contributed by atoms with Crippen molar-refractivity contribution in [3.05, 3.63) is 53.6 Å². The van der Waals surface area contributed by atoms with Gasteiger partial charge in [0.05, 0.1) is 19.1 Å². The van der Waals surface area contributed by atoms with E-state index in [-0.39, 0.29) is 10.8 Å². The van der Waals surface area contributed by atoms with Crippen molar-refractivity contribution in [3.63, 3.8) is 0 Å². The van der Waals surface area contributed by atoms with E-state index in [1.54, 1.807) is 27.3 Å². The molecule has 0 saturated heterocycles. The molecule has 0 heterocycles. The SMILES string of the molecule is COc1cccc(CN(C)C(=O)c2ccc(S(C)(=O)=O)cc2)c1OC. The minimum atomic E-state index is -3.29. The summed E-state index contributed by atoms with van der Waals surface area (Å²) in [4.78, 5) is 14.3. The van der Waals surface area contributed by atoms with Gasteiger partial charge < -0.3 is 14.4 Å². The quantitative estimate of drug-likeness (QED) is 0.788. The van der Waals surface area contributed by atoms with Crippen LogP contribution < -0.4 is 9.47 Å². The lowest BCUT2D eigenvalue weighted by Gasteiger charge is -2.20. The van der Waals surface area contributed by atoms with Crippen LogP contribution in [0.2, 0.25) is 0 Å². The Bertz CT molecular complexity index is 860. The van der Waals surface area contributed by atoms with Crippen molar-refractivity contribution in [3.8, 4) is 11.5 Å². The molecule has 2 aromatic rings. The number of hydrogen-bond acceptors (Lipinski definition) is 5. The van der Waals surface area contributed by atoms with Gasteiger partial charge in [-0.05, 0) is 30.3 Å². The number of ether oxygens (including phenoxy) is 2. The number of carbonyl (C=O) groups excluding carboxylic acids is 1. The van der Waals surface area contributed by atoms with Crippen LogP contribution in [-0.2, 0) is 16.4 Å². The van der Waals surface area contributed by atoms with Gasteiger partial charge in [-0.2, -0.15) is 0 Å². The minimum absolute atomic E-state index is 0.182. The predicted molar refractivity (Wildman–Crippen MR) is 94.9 cm³/mol. The average Bonchev–Trinajstić information content (AvgIpc) is 2.60. The summed E-state index contributed by atoms with van der Waals surface area (Å²) in [7, 11) is 1.49. The van der Waals surface area contributed by atoms with Crippen molar-refractivity contribution >= 4 is 15.7 Å². The van der Waals surface area contributed by atoms with E-state index in [0.717, 1.165) is 11.8 Å². The highest BCUT2D eigenvalue weighted by Gasteiger charge is 2.17. The predicted octanol–water partition coefficient (Wildman–Crippen LogP) is 2.38. The van der Waals surface area contributed by atoms with Crippen molar-refractivity contribution < 1.29 is 22.7 Å². The third-order valence-electron chi connectivity index (χ3n) is 3.77. The summed E-state index contributed by atoms with van der Waals surface area (Å²) in [5.41, 5.74) is 1.22. The van der Waals surface area contributed by atoms with E-state index in [2.05, 4.69) is 0 Å². The largest absolute Gasteiger partial charge is 0.493 e. The van der Waals surface area contributed by atoms with Gasteiger partial charge in [0.1, 0.15) is 0 Å². The maximum absolute atomic E-state index is 12.6.